The molecule has 1 aliphatic rings. The molecule has 2 rings (SSSR count). The van der Waals surface area contributed by atoms with Gasteiger partial charge in [-0.3, -0.25) is 0 Å². The Morgan fingerprint density at radius 1 is 1.67 bits per heavy atom. The van der Waals surface area contributed by atoms with Crippen LogP contribution in [0.2, 0.25) is 0 Å². The molecule has 3 heteroatoms. The molecular formula is C12H19NOS. The maximum Gasteiger partial charge on any atom is 0.0510 e. The smallest absolute Gasteiger partial charge is 0.0510 e. The summed E-state index contributed by atoms with van der Waals surface area (Å²) in [7, 11) is 0. The maximum atomic E-state index is 5.47. The summed E-state index contributed by atoms with van der Waals surface area (Å²) in [5, 5.41) is 5.75. The first-order valence-corrected chi connectivity index (χ1v) is 6.61. The predicted molar refractivity (Wildman–Crippen MR) is 64.4 cm³/mol. The van der Waals surface area contributed by atoms with Crippen molar-refractivity contribution in [2.75, 3.05) is 19.8 Å². The first-order chi connectivity index (χ1) is 7.40. The van der Waals surface area contributed by atoms with Crippen LogP contribution >= 0.6 is 11.3 Å². The molecule has 1 N–H and O–H groups in total. The second kappa shape index (κ2) is 5.64. The first-order valence-electron chi connectivity index (χ1n) is 5.73. The fraction of sp³-hybridized carbons (Fsp3) is 0.667. The second-order valence-corrected chi connectivity index (χ2v) is 5.10. The van der Waals surface area contributed by atoms with Gasteiger partial charge in [-0.25, -0.2) is 0 Å². The van der Waals surface area contributed by atoms with Crippen molar-refractivity contribution in [3.63, 3.8) is 0 Å². The van der Waals surface area contributed by atoms with Crippen molar-refractivity contribution in [1.29, 1.82) is 0 Å². The van der Waals surface area contributed by atoms with Crippen LogP contribution in [0.25, 0.3) is 0 Å². The van der Waals surface area contributed by atoms with Crippen molar-refractivity contribution in [3.8, 4) is 0 Å². The molecule has 0 aliphatic carbocycles. The van der Waals surface area contributed by atoms with E-state index in [4.69, 9.17) is 4.74 Å². The molecule has 0 bridgehead atoms. The monoisotopic (exact) mass is 225 g/mol. The van der Waals surface area contributed by atoms with E-state index < -0.39 is 0 Å². The number of thiophene rings is 1. The van der Waals surface area contributed by atoms with Crippen molar-refractivity contribution in [3.05, 3.63) is 22.4 Å². The summed E-state index contributed by atoms with van der Waals surface area (Å²) in [4.78, 5) is 1.48. The summed E-state index contributed by atoms with van der Waals surface area (Å²) in [6.07, 6.45) is 2.36. The lowest BCUT2D eigenvalue weighted by Gasteiger charge is -2.22. The topological polar surface area (TPSA) is 21.3 Å². The SMILES string of the molecule is CCNC(Cc1cccs1)C1CCOC1. The zero-order chi connectivity index (χ0) is 10.5. The minimum Gasteiger partial charge on any atom is -0.381 e. The summed E-state index contributed by atoms with van der Waals surface area (Å²) in [6.45, 7) is 5.10. The molecule has 2 heterocycles. The number of ether oxygens (including phenoxy) is 1. The highest BCUT2D eigenvalue weighted by Gasteiger charge is 2.25. The van der Waals surface area contributed by atoms with Crippen LogP contribution in [0, 0.1) is 5.92 Å². The first kappa shape index (κ1) is 11.1. The highest BCUT2D eigenvalue weighted by molar-refractivity contribution is 7.09. The van der Waals surface area contributed by atoms with Gasteiger partial charge < -0.3 is 10.1 Å². The fourth-order valence-corrected chi connectivity index (χ4v) is 2.95. The van der Waals surface area contributed by atoms with Gasteiger partial charge in [-0.15, -0.1) is 11.3 Å². The van der Waals surface area contributed by atoms with E-state index >= 15 is 0 Å². The van der Waals surface area contributed by atoms with E-state index in [1.165, 1.54) is 11.3 Å². The number of hydrogen-bond donors (Lipinski definition) is 1. The van der Waals surface area contributed by atoms with Crippen LogP contribution in [0.15, 0.2) is 17.5 Å². The van der Waals surface area contributed by atoms with Gasteiger partial charge in [0.15, 0.2) is 0 Å². The summed E-state index contributed by atoms with van der Waals surface area (Å²) in [6, 6.07) is 4.95. The van der Waals surface area contributed by atoms with Crippen molar-refractivity contribution in [2.24, 2.45) is 5.92 Å². The number of hydrogen-bond acceptors (Lipinski definition) is 3. The molecule has 15 heavy (non-hydrogen) atoms. The van der Waals surface area contributed by atoms with Gasteiger partial charge in [0.05, 0.1) is 6.61 Å². The zero-order valence-corrected chi connectivity index (χ0v) is 10.1. The van der Waals surface area contributed by atoms with Crippen LogP contribution < -0.4 is 5.32 Å². The van der Waals surface area contributed by atoms with Crippen molar-refractivity contribution in [1.82, 2.24) is 5.32 Å². The van der Waals surface area contributed by atoms with Crippen molar-refractivity contribution < 1.29 is 4.74 Å². The molecule has 1 aromatic heterocycles. The van der Waals surface area contributed by atoms with E-state index in [9.17, 15) is 0 Å². The lowest BCUT2D eigenvalue weighted by Crippen LogP contribution is -2.38. The highest BCUT2D eigenvalue weighted by Crippen LogP contribution is 2.21. The normalized spacial score (nSPS) is 23.1. The summed E-state index contributed by atoms with van der Waals surface area (Å²) in [5.41, 5.74) is 0. The number of rotatable bonds is 5. The largest absolute Gasteiger partial charge is 0.381 e. The third kappa shape index (κ3) is 3.03. The van der Waals surface area contributed by atoms with Gasteiger partial charge in [0.1, 0.15) is 0 Å². The van der Waals surface area contributed by atoms with E-state index in [0.717, 1.165) is 26.2 Å². The average molecular weight is 225 g/mol. The highest BCUT2D eigenvalue weighted by atomic mass is 32.1. The Hall–Kier alpha value is -0.380. The van der Waals surface area contributed by atoms with Crippen LogP contribution in [0.4, 0.5) is 0 Å². The lowest BCUT2D eigenvalue weighted by atomic mass is 9.95. The van der Waals surface area contributed by atoms with Gasteiger partial charge in [-0.2, -0.15) is 0 Å². The van der Waals surface area contributed by atoms with E-state index in [1.807, 2.05) is 11.3 Å². The summed E-state index contributed by atoms with van der Waals surface area (Å²) in [5.74, 6) is 0.701. The van der Waals surface area contributed by atoms with Crippen LogP contribution in [-0.4, -0.2) is 25.8 Å². The Labute approximate surface area is 95.6 Å². The van der Waals surface area contributed by atoms with Crippen LogP contribution in [-0.2, 0) is 11.2 Å². The standard InChI is InChI=1S/C12H19NOS/c1-2-13-12(10-5-6-14-9-10)8-11-4-3-7-15-11/h3-4,7,10,12-13H,2,5-6,8-9H2,1H3. The third-order valence-corrected chi connectivity index (χ3v) is 3.90. The quantitative estimate of drug-likeness (QED) is 0.830. The molecule has 0 spiro atoms. The zero-order valence-electron chi connectivity index (χ0n) is 9.24. The van der Waals surface area contributed by atoms with Gasteiger partial charge in [-0.1, -0.05) is 13.0 Å². The van der Waals surface area contributed by atoms with E-state index in [1.54, 1.807) is 0 Å². The fourth-order valence-electron chi connectivity index (χ4n) is 2.18. The maximum absolute atomic E-state index is 5.47. The Morgan fingerprint density at radius 3 is 3.20 bits per heavy atom. The Balaban J connectivity index is 1.93. The molecule has 1 fully saturated rings. The summed E-state index contributed by atoms with van der Waals surface area (Å²) < 4.78 is 5.47. The molecule has 0 saturated carbocycles. The van der Waals surface area contributed by atoms with Crippen LogP contribution in [0.5, 0.6) is 0 Å². The summed E-state index contributed by atoms with van der Waals surface area (Å²) >= 11 is 1.86. The van der Waals surface area contributed by atoms with Crippen LogP contribution in [0.3, 0.4) is 0 Å². The molecule has 1 aliphatic heterocycles. The molecule has 2 atom stereocenters. The Kier molecular flexibility index (Phi) is 4.18. The van der Waals surface area contributed by atoms with Crippen LogP contribution in [0.1, 0.15) is 18.2 Å². The second-order valence-electron chi connectivity index (χ2n) is 4.07. The molecule has 2 unspecified atom stereocenters. The molecule has 1 saturated heterocycles. The molecular weight excluding hydrogens is 206 g/mol. The van der Waals surface area contributed by atoms with E-state index in [2.05, 4.69) is 29.8 Å². The van der Waals surface area contributed by atoms with E-state index in [-0.39, 0.29) is 0 Å². The van der Waals surface area contributed by atoms with Gasteiger partial charge in [0, 0.05) is 23.4 Å². The van der Waals surface area contributed by atoms with Crippen molar-refractivity contribution >= 4 is 11.3 Å². The molecule has 2 nitrogen and oxygen atoms in total. The minimum absolute atomic E-state index is 0.594. The minimum atomic E-state index is 0.594. The predicted octanol–water partition coefficient (Wildman–Crippen LogP) is 2.31. The molecule has 84 valence electrons. The molecule has 0 amide bonds. The average Bonchev–Trinajstić information content (AvgIpc) is 2.89. The number of nitrogens with one attached hydrogen (secondary N) is 1. The van der Waals surface area contributed by atoms with Gasteiger partial charge in [0.2, 0.25) is 0 Å². The Bertz CT molecular complexity index is 267. The van der Waals surface area contributed by atoms with Gasteiger partial charge >= 0.3 is 0 Å². The van der Waals surface area contributed by atoms with Crippen molar-refractivity contribution in [2.45, 2.75) is 25.8 Å². The molecule has 0 aromatic carbocycles. The molecule has 0 radical (unpaired) electrons. The Morgan fingerprint density at radius 2 is 2.60 bits per heavy atom. The number of likely N-dealkylation sites (N-methyl/N-ethyl adjacent to an activating group) is 1. The van der Waals surface area contributed by atoms with E-state index in [0.29, 0.717) is 12.0 Å². The van der Waals surface area contributed by atoms with Gasteiger partial charge in [-0.05, 0) is 30.8 Å². The lowest BCUT2D eigenvalue weighted by molar-refractivity contribution is 0.176. The third-order valence-electron chi connectivity index (χ3n) is 3.00. The van der Waals surface area contributed by atoms with Gasteiger partial charge in [0.25, 0.3) is 0 Å². The molecule has 1 aromatic rings.